The molecule has 1 fully saturated rings. The number of hydroxylamine groups is 1. The maximum absolute atomic E-state index is 13.3. The molecule has 2 heterocycles. The number of amides is 2. The highest BCUT2D eigenvalue weighted by molar-refractivity contribution is 6.30. The molecule has 136 valence electrons. The molecule has 1 aliphatic heterocycles. The van der Waals surface area contributed by atoms with Gasteiger partial charge in [0.15, 0.2) is 0 Å². The summed E-state index contributed by atoms with van der Waals surface area (Å²) in [6.07, 6.45) is 4.25. The van der Waals surface area contributed by atoms with Crippen molar-refractivity contribution in [3.63, 3.8) is 0 Å². The molecular weight excluding hydrogens is 354 g/mol. The van der Waals surface area contributed by atoms with E-state index in [2.05, 4.69) is 0 Å². The van der Waals surface area contributed by atoms with E-state index in [4.69, 9.17) is 16.8 Å². The van der Waals surface area contributed by atoms with Crippen LogP contribution in [0.1, 0.15) is 40.9 Å². The van der Waals surface area contributed by atoms with Gasteiger partial charge in [-0.3, -0.25) is 14.8 Å². The van der Waals surface area contributed by atoms with Crippen LogP contribution < -0.4 is 5.48 Å². The fourth-order valence-corrected chi connectivity index (χ4v) is 3.91. The average molecular weight is 374 g/mol. The van der Waals surface area contributed by atoms with Gasteiger partial charge in [-0.2, -0.15) is 0 Å². The van der Waals surface area contributed by atoms with Gasteiger partial charge in [-0.25, -0.2) is 5.48 Å². The molecule has 0 unspecified atom stereocenters. The fourth-order valence-electron chi connectivity index (χ4n) is 3.79. The molecule has 2 N–H and O–H groups in total. The quantitative estimate of drug-likeness (QED) is 0.641. The van der Waals surface area contributed by atoms with Crippen LogP contribution in [-0.2, 0) is 23.3 Å². The predicted molar refractivity (Wildman–Crippen MR) is 96.1 cm³/mol. The van der Waals surface area contributed by atoms with Crippen molar-refractivity contribution in [1.29, 1.82) is 0 Å². The van der Waals surface area contributed by atoms with E-state index in [1.165, 1.54) is 0 Å². The summed E-state index contributed by atoms with van der Waals surface area (Å²) in [7, 11) is 0. The van der Waals surface area contributed by atoms with Crippen LogP contribution in [0.3, 0.4) is 0 Å². The standard InChI is InChI=1S/C19H20ClN3O3/c20-15-4-2-14(3-5-15)19(6-7-19)18(25)23-9-1-8-22-11-13(17(24)21-26)10-16(22)12-23/h2-5,10-11,26H,1,6-9,12H2,(H,21,24). The first-order valence-corrected chi connectivity index (χ1v) is 9.10. The molecule has 0 spiro atoms. The lowest BCUT2D eigenvalue weighted by molar-refractivity contribution is -0.134. The molecule has 0 radical (unpaired) electrons. The van der Waals surface area contributed by atoms with Gasteiger partial charge < -0.3 is 9.47 Å². The molecule has 0 atom stereocenters. The first-order valence-electron chi connectivity index (χ1n) is 8.72. The van der Waals surface area contributed by atoms with E-state index in [9.17, 15) is 9.59 Å². The number of rotatable bonds is 3. The molecule has 1 aromatic heterocycles. The minimum Gasteiger partial charge on any atom is -0.349 e. The van der Waals surface area contributed by atoms with Crippen molar-refractivity contribution in [3.05, 3.63) is 58.4 Å². The van der Waals surface area contributed by atoms with E-state index >= 15 is 0 Å². The summed E-state index contributed by atoms with van der Waals surface area (Å²) in [4.78, 5) is 26.8. The SMILES string of the molecule is O=C(NO)c1cc2n(c1)CCCN(C(=O)C1(c3ccc(Cl)cc3)CC1)C2. The number of hydrogen-bond acceptors (Lipinski definition) is 3. The molecule has 0 saturated heterocycles. The highest BCUT2D eigenvalue weighted by atomic mass is 35.5. The Kier molecular flexibility index (Phi) is 4.25. The molecule has 1 aliphatic carbocycles. The smallest absolute Gasteiger partial charge is 0.276 e. The summed E-state index contributed by atoms with van der Waals surface area (Å²) >= 11 is 5.98. The number of carbonyl (C=O) groups excluding carboxylic acids is 2. The summed E-state index contributed by atoms with van der Waals surface area (Å²) in [5.41, 5.74) is 3.55. The monoisotopic (exact) mass is 373 g/mol. The zero-order chi connectivity index (χ0) is 18.3. The number of aromatic nitrogens is 1. The van der Waals surface area contributed by atoms with Crippen molar-refractivity contribution in [2.75, 3.05) is 6.54 Å². The summed E-state index contributed by atoms with van der Waals surface area (Å²) in [5, 5.41) is 9.49. The first-order chi connectivity index (χ1) is 12.5. The second-order valence-corrected chi connectivity index (χ2v) is 7.46. The number of carbonyl (C=O) groups is 2. The Morgan fingerprint density at radius 2 is 1.88 bits per heavy atom. The van der Waals surface area contributed by atoms with Gasteiger partial charge in [0.05, 0.1) is 17.5 Å². The number of hydrogen-bond donors (Lipinski definition) is 2. The Labute approximate surface area is 156 Å². The average Bonchev–Trinajstić information content (AvgIpc) is 3.40. The van der Waals surface area contributed by atoms with Crippen molar-refractivity contribution in [3.8, 4) is 0 Å². The predicted octanol–water partition coefficient (Wildman–Crippen LogP) is 2.72. The van der Waals surface area contributed by atoms with Crippen LogP contribution in [-0.4, -0.2) is 33.0 Å². The third kappa shape index (κ3) is 2.89. The Morgan fingerprint density at radius 3 is 2.54 bits per heavy atom. The van der Waals surface area contributed by atoms with Crippen LogP contribution >= 0.6 is 11.6 Å². The van der Waals surface area contributed by atoms with E-state index in [-0.39, 0.29) is 5.91 Å². The largest absolute Gasteiger partial charge is 0.349 e. The van der Waals surface area contributed by atoms with Gasteiger partial charge in [0.1, 0.15) is 0 Å². The van der Waals surface area contributed by atoms with Crippen molar-refractivity contribution < 1.29 is 14.8 Å². The maximum Gasteiger partial charge on any atom is 0.276 e. The van der Waals surface area contributed by atoms with Gasteiger partial charge in [-0.05, 0) is 43.0 Å². The minimum atomic E-state index is -0.539. The number of halogens is 1. The lowest BCUT2D eigenvalue weighted by atomic mass is 9.94. The third-order valence-electron chi connectivity index (χ3n) is 5.37. The van der Waals surface area contributed by atoms with Crippen LogP contribution in [0.2, 0.25) is 5.02 Å². The second kappa shape index (κ2) is 6.45. The summed E-state index contributed by atoms with van der Waals surface area (Å²) in [6, 6.07) is 9.28. The van der Waals surface area contributed by atoms with Gasteiger partial charge in [-0.1, -0.05) is 23.7 Å². The first kappa shape index (κ1) is 17.1. The van der Waals surface area contributed by atoms with Crippen LogP contribution in [0.25, 0.3) is 0 Å². The molecule has 7 heteroatoms. The van der Waals surface area contributed by atoms with Crippen molar-refractivity contribution in [2.45, 2.75) is 37.8 Å². The molecule has 6 nitrogen and oxygen atoms in total. The van der Waals surface area contributed by atoms with Crippen LogP contribution in [0.15, 0.2) is 36.5 Å². The van der Waals surface area contributed by atoms with Gasteiger partial charge in [-0.15, -0.1) is 0 Å². The molecule has 2 aliphatic rings. The summed E-state index contributed by atoms with van der Waals surface area (Å²) < 4.78 is 1.99. The van der Waals surface area contributed by atoms with E-state index < -0.39 is 11.3 Å². The lowest BCUT2D eigenvalue weighted by Crippen LogP contribution is -2.39. The third-order valence-corrected chi connectivity index (χ3v) is 5.62. The Hall–Kier alpha value is -2.31. The summed E-state index contributed by atoms with van der Waals surface area (Å²) in [6.45, 7) is 1.90. The molecule has 4 rings (SSSR count). The fraction of sp³-hybridized carbons (Fsp3) is 0.368. The van der Waals surface area contributed by atoms with E-state index in [0.29, 0.717) is 23.7 Å². The van der Waals surface area contributed by atoms with Crippen LogP contribution in [0.4, 0.5) is 0 Å². The van der Waals surface area contributed by atoms with Crippen LogP contribution in [0, 0.1) is 0 Å². The Morgan fingerprint density at radius 1 is 1.15 bits per heavy atom. The molecule has 1 aromatic carbocycles. The normalized spacial score (nSPS) is 18.0. The van der Waals surface area contributed by atoms with Gasteiger partial charge in [0.25, 0.3) is 5.91 Å². The molecule has 2 amide bonds. The second-order valence-electron chi connectivity index (χ2n) is 7.02. The molecule has 26 heavy (non-hydrogen) atoms. The number of aryl methyl sites for hydroxylation is 1. The number of nitrogens with one attached hydrogen (secondary N) is 1. The zero-order valence-electron chi connectivity index (χ0n) is 14.2. The molecule has 1 saturated carbocycles. The molecule has 0 bridgehead atoms. The highest BCUT2D eigenvalue weighted by Crippen LogP contribution is 2.50. The van der Waals surface area contributed by atoms with E-state index in [0.717, 1.165) is 37.1 Å². The van der Waals surface area contributed by atoms with Gasteiger partial charge >= 0.3 is 0 Å². The van der Waals surface area contributed by atoms with Gasteiger partial charge in [0.2, 0.25) is 5.91 Å². The zero-order valence-corrected chi connectivity index (χ0v) is 15.0. The molecule has 2 aromatic rings. The van der Waals surface area contributed by atoms with Crippen molar-refractivity contribution in [2.24, 2.45) is 0 Å². The van der Waals surface area contributed by atoms with Gasteiger partial charge in [0, 0.05) is 30.0 Å². The topological polar surface area (TPSA) is 74.6 Å². The van der Waals surface area contributed by atoms with Crippen molar-refractivity contribution in [1.82, 2.24) is 14.9 Å². The Bertz CT molecular complexity index is 855. The van der Waals surface area contributed by atoms with E-state index in [1.807, 2.05) is 33.7 Å². The number of fused-ring (bicyclic) bond motifs is 1. The minimum absolute atomic E-state index is 0.141. The maximum atomic E-state index is 13.3. The van der Waals surface area contributed by atoms with Crippen molar-refractivity contribution >= 4 is 23.4 Å². The Balaban J connectivity index is 1.58. The number of nitrogens with zero attached hydrogens (tertiary/aromatic N) is 2. The lowest BCUT2D eigenvalue weighted by Gasteiger charge is -2.26. The molecular formula is C19H20ClN3O3. The van der Waals surface area contributed by atoms with Crippen LogP contribution in [0.5, 0.6) is 0 Å². The highest BCUT2D eigenvalue weighted by Gasteiger charge is 2.53. The van der Waals surface area contributed by atoms with E-state index in [1.54, 1.807) is 17.7 Å². The number of benzene rings is 1. The summed E-state index contributed by atoms with van der Waals surface area (Å²) in [5.74, 6) is -0.397.